The molecule has 1 saturated heterocycles. The Hall–Kier alpha value is -3.68. The SMILES string of the molecule is O=C(CC1CC2(CCN(Cc3ccccn3)CC2)c2ccccc21)NC1CCC1.O=C(O)C(F)(F)F.O=C(O)C(F)(F)F. The van der Waals surface area contributed by atoms with Crippen molar-refractivity contribution < 1.29 is 50.9 Å². The number of alkyl halides is 6. The quantitative estimate of drug-likeness (QED) is 0.383. The van der Waals surface area contributed by atoms with Gasteiger partial charge in [0.05, 0.1) is 5.69 Å². The van der Waals surface area contributed by atoms with E-state index in [9.17, 15) is 31.1 Å². The van der Waals surface area contributed by atoms with Gasteiger partial charge in [0.1, 0.15) is 0 Å². The third kappa shape index (κ3) is 9.66. The van der Waals surface area contributed by atoms with Gasteiger partial charge in [-0.1, -0.05) is 30.3 Å². The van der Waals surface area contributed by atoms with Crippen LogP contribution >= 0.6 is 0 Å². The van der Waals surface area contributed by atoms with E-state index in [0.29, 0.717) is 18.4 Å². The number of pyridine rings is 1. The number of hydrogen-bond donors (Lipinski definition) is 3. The molecule has 1 spiro atoms. The van der Waals surface area contributed by atoms with Crippen LogP contribution in [0.1, 0.15) is 67.7 Å². The van der Waals surface area contributed by atoms with Crippen LogP contribution in [-0.2, 0) is 26.3 Å². The lowest BCUT2D eigenvalue weighted by atomic mass is 9.73. The van der Waals surface area contributed by atoms with Crippen LogP contribution in [0.3, 0.4) is 0 Å². The number of likely N-dealkylation sites (tertiary alicyclic amines) is 1. The lowest BCUT2D eigenvalue weighted by Crippen LogP contribution is -2.41. The maximum Gasteiger partial charge on any atom is 0.490 e. The number of carboxylic acids is 2. The van der Waals surface area contributed by atoms with E-state index in [1.165, 1.54) is 30.4 Å². The average Bonchev–Trinajstić information content (AvgIpc) is 3.20. The van der Waals surface area contributed by atoms with Crippen molar-refractivity contribution in [2.75, 3.05) is 13.1 Å². The summed E-state index contributed by atoms with van der Waals surface area (Å²) in [4.78, 5) is 37.4. The van der Waals surface area contributed by atoms with Gasteiger partial charge in [-0.3, -0.25) is 14.7 Å². The molecule has 8 nitrogen and oxygen atoms in total. The van der Waals surface area contributed by atoms with Crippen molar-refractivity contribution in [2.24, 2.45) is 0 Å². The number of aromatic nitrogens is 1. The van der Waals surface area contributed by atoms with Crippen molar-refractivity contribution in [3.63, 3.8) is 0 Å². The summed E-state index contributed by atoms with van der Waals surface area (Å²) in [6.45, 7) is 3.14. The Balaban J connectivity index is 0.000000303. The second kappa shape index (κ2) is 14.2. The van der Waals surface area contributed by atoms with E-state index in [0.717, 1.165) is 44.6 Å². The molecule has 1 amide bonds. The second-order valence-corrected chi connectivity index (χ2v) is 10.9. The molecule has 2 heterocycles. The molecule has 1 aromatic carbocycles. The Morgan fingerprint density at radius 2 is 1.47 bits per heavy atom. The standard InChI is InChI=1S/C25H31N3O.2C2HF3O2/c29-24(27-20-7-5-8-20)16-19-17-25(23-10-2-1-9-22(19)23)11-14-28(15-12-25)18-21-6-3-4-13-26-21;2*3-2(4,5)1(6)7/h1-4,6,9-10,13,19-20H,5,7-8,11-12,14-18H2,(H,27,29);2*(H,6,7). The summed E-state index contributed by atoms with van der Waals surface area (Å²) in [5, 5.41) is 17.5. The highest BCUT2D eigenvalue weighted by Crippen LogP contribution is 2.52. The predicted octanol–water partition coefficient (Wildman–Crippen LogP) is 5.43. The van der Waals surface area contributed by atoms with E-state index in [1.807, 2.05) is 12.3 Å². The van der Waals surface area contributed by atoms with Crippen LogP contribution in [0.15, 0.2) is 48.7 Å². The third-order valence-electron chi connectivity index (χ3n) is 7.92. The molecule has 0 radical (unpaired) electrons. The summed E-state index contributed by atoms with van der Waals surface area (Å²) in [5.74, 6) is -4.90. The fourth-order valence-corrected chi connectivity index (χ4v) is 5.61. The first-order valence-electron chi connectivity index (χ1n) is 13.7. The number of nitrogens with zero attached hydrogens (tertiary/aromatic N) is 2. The molecule has 3 N–H and O–H groups in total. The zero-order chi connectivity index (χ0) is 31.8. The van der Waals surface area contributed by atoms with Crippen LogP contribution in [-0.4, -0.2) is 69.4 Å². The van der Waals surface area contributed by atoms with Crippen LogP contribution in [0.2, 0.25) is 0 Å². The van der Waals surface area contributed by atoms with Gasteiger partial charge in [-0.25, -0.2) is 9.59 Å². The molecule has 1 aromatic heterocycles. The third-order valence-corrected chi connectivity index (χ3v) is 7.92. The molecule has 14 heteroatoms. The summed E-state index contributed by atoms with van der Waals surface area (Å²) in [6, 6.07) is 15.5. The Kier molecular flexibility index (Phi) is 11.2. The van der Waals surface area contributed by atoms with E-state index in [2.05, 4.69) is 51.6 Å². The number of aliphatic carboxylic acids is 2. The highest BCUT2D eigenvalue weighted by Gasteiger charge is 2.45. The monoisotopic (exact) mass is 617 g/mol. The molecule has 1 unspecified atom stereocenters. The molecule has 5 rings (SSSR count). The van der Waals surface area contributed by atoms with Gasteiger partial charge < -0.3 is 15.5 Å². The fourth-order valence-electron chi connectivity index (χ4n) is 5.61. The number of rotatable bonds is 5. The molecule has 236 valence electrons. The largest absolute Gasteiger partial charge is 0.490 e. The van der Waals surface area contributed by atoms with Gasteiger partial charge in [0.2, 0.25) is 5.91 Å². The minimum Gasteiger partial charge on any atom is -0.475 e. The molecule has 2 aromatic rings. The lowest BCUT2D eigenvalue weighted by molar-refractivity contribution is -0.193. The molecule has 1 aliphatic heterocycles. The van der Waals surface area contributed by atoms with E-state index in [4.69, 9.17) is 19.8 Å². The van der Waals surface area contributed by atoms with Crippen molar-refractivity contribution in [3.05, 3.63) is 65.5 Å². The number of benzene rings is 1. The maximum atomic E-state index is 12.6. The molecule has 2 aliphatic carbocycles. The summed E-state index contributed by atoms with van der Waals surface area (Å²) in [7, 11) is 0. The number of halogens is 6. The van der Waals surface area contributed by atoms with Crippen molar-refractivity contribution in [3.8, 4) is 0 Å². The van der Waals surface area contributed by atoms with Gasteiger partial charge in [-0.2, -0.15) is 26.3 Å². The van der Waals surface area contributed by atoms with Gasteiger partial charge in [0.15, 0.2) is 0 Å². The minimum absolute atomic E-state index is 0.249. The number of hydrogen-bond acceptors (Lipinski definition) is 5. The van der Waals surface area contributed by atoms with Crippen molar-refractivity contribution in [1.82, 2.24) is 15.2 Å². The van der Waals surface area contributed by atoms with Gasteiger partial charge >= 0.3 is 24.3 Å². The Morgan fingerprint density at radius 1 is 0.907 bits per heavy atom. The van der Waals surface area contributed by atoms with Gasteiger partial charge in [-0.05, 0) is 86.2 Å². The van der Waals surface area contributed by atoms with E-state index in [1.54, 1.807) is 0 Å². The number of amides is 1. The number of carbonyl (C=O) groups excluding carboxylic acids is 1. The first-order chi connectivity index (χ1) is 20.1. The number of nitrogens with one attached hydrogen (secondary N) is 1. The predicted molar refractivity (Wildman–Crippen MR) is 142 cm³/mol. The van der Waals surface area contributed by atoms with Crippen molar-refractivity contribution in [2.45, 2.75) is 81.2 Å². The zero-order valence-electron chi connectivity index (χ0n) is 23.1. The highest BCUT2D eigenvalue weighted by atomic mass is 19.4. The molecular formula is C29H33F6N3O5. The molecule has 3 aliphatic rings. The molecule has 0 bridgehead atoms. The lowest BCUT2D eigenvalue weighted by Gasteiger charge is -2.40. The average molecular weight is 618 g/mol. The summed E-state index contributed by atoms with van der Waals surface area (Å²) in [6.07, 6.45) is -0.585. The van der Waals surface area contributed by atoms with Gasteiger partial charge in [0.25, 0.3) is 0 Å². The van der Waals surface area contributed by atoms with Crippen LogP contribution in [0.4, 0.5) is 26.3 Å². The first kappa shape index (κ1) is 33.8. The number of carbonyl (C=O) groups is 3. The van der Waals surface area contributed by atoms with Crippen LogP contribution in [0.25, 0.3) is 0 Å². The minimum atomic E-state index is -5.08. The Bertz CT molecular complexity index is 1220. The van der Waals surface area contributed by atoms with Crippen LogP contribution in [0, 0.1) is 0 Å². The van der Waals surface area contributed by atoms with Crippen LogP contribution < -0.4 is 5.32 Å². The van der Waals surface area contributed by atoms with Gasteiger partial charge in [-0.15, -0.1) is 0 Å². The van der Waals surface area contributed by atoms with E-state index < -0.39 is 24.3 Å². The normalized spacial score (nSPS) is 19.5. The maximum absolute atomic E-state index is 12.6. The fraction of sp³-hybridized carbons (Fsp3) is 0.517. The van der Waals surface area contributed by atoms with Crippen molar-refractivity contribution >= 4 is 17.8 Å². The first-order valence-corrected chi connectivity index (χ1v) is 13.7. The summed E-state index contributed by atoms with van der Waals surface area (Å²) >= 11 is 0. The van der Waals surface area contributed by atoms with E-state index in [-0.39, 0.29) is 11.3 Å². The molecule has 43 heavy (non-hydrogen) atoms. The number of piperidine rings is 1. The second-order valence-electron chi connectivity index (χ2n) is 10.9. The summed E-state index contributed by atoms with van der Waals surface area (Å²) < 4.78 is 63.5. The molecular weight excluding hydrogens is 584 g/mol. The topological polar surface area (TPSA) is 120 Å². The number of fused-ring (bicyclic) bond motifs is 2. The molecule has 1 saturated carbocycles. The zero-order valence-corrected chi connectivity index (χ0v) is 23.1. The molecule has 1 atom stereocenters. The van der Waals surface area contributed by atoms with Gasteiger partial charge in [0, 0.05) is 25.2 Å². The smallest absolute Gasteiger partial charge is 0.475 e. The van der Waals surface area contributed by atoms with Crippen LogP contribution in [0.5, 0.6) is 0 Å². The number of carboxylic acid groups (broad SMARTS) is 2. The summed E-state index contributed by atoms with van der Waals surface area (Å²) in [5.41, 5.74) is 4.34. The van der Waals surface area contributed by atoms with Crippen molar-refractivity contribution in [1.29, 1.82) is 0 Å². The molecule has 2 fully saturated rings. The Morgan fingerprint density at radius 3 is 1.95 bits per heavy atom. The Labute approximate surface area is 244 Å². The van der Waals surface area contributed by atoms with E-state index >= 15 is 0 Å². The highest BCUT2D eigenvalue weighted by molar-refractivity contribution is 5.77.